The molecular weight excluding hydrogens is 395 g/mol. The molecule has 1 heterocycles. The van der Waals surface area contributed by atoms with Gasteiger partial charge in [-0.15, -0.1) is 0 Å². The number of carbonyl (C=O) groups excluding carboxylic acids is 1. The Morgan fingerprint density at radius 3 is 1.70 bits per heavy atom. The number of Topliss-reactive ketones (excluding diaryl/α,β-unsaturated/α-hetero) is 1. The number of benzene rings is 2. The second-order valence-electron chi connectivity index (χ2n) is 5.83. The van der Waals surface area contributed by atoms with Crippen LogP contribution in [0.2, 0.25) is 0 Å². The first-order chi connectivity index (χ1) is 12.5. The molecule has 0 saturated carbocycles. The van der Waals surface area contributed by atoms with Crippen molar-refractivity contribution in [3.63, 3.8) is 0 Å². The smallest absolute Gasteiger partial charge is 0.411 e. The third kappa shape index (κ3) is 5.30. The molecule has 0 amide bonds. The van der Waals surface area contributed by atoms with Crippen molar-refractivity contribution in [2.45, 2.75) is 0 Å². The van der Waals surface area contributed by atoms with E-state index in [4.69, 9.17) is 24.8 Å². The zero-order valence-electron chi connectivity index (χ0n) is 14.6. The molecule has 0 N–H and O–H groups in total. The summed E-state index contributed by atoms with van der Waals surface area (Å²) in [5, 5.41) is 0. The number of likely N-dealkylation sites (tertiary alicyclic amines) is 1. The van der Waals surface area contributed by atoms with E-state index in [2.05, 4.69) is 0 Å². The van der Waals surface area contributed by atoms with Crippen LogP contribution in [-0.2, 0) is 17.4 Å². The van der Waals surface area contributed by atoms with E-state index in [1.165, 1.54) is 24.3 Å². The standard InChI is InChI=1S/C20H15F2NOS2.Na/c21-17-7-3-1-5-13(17)9-15-11-23(20(25)26)12-16(19(15)24)10-14-6-2-4-8-18(14)22;/h1-10H,11-12H2,(H,25,26);/q;+1/p-1/b15-9+,16-10+;. The average Bonchev–Trinajstić information content (AvgIpc) is 2.61. The first-order valence-electron chi connectivity index (χ1n) is 7.86. The van der Waals surface area contributed by atoms with Crippen molar-refractivity contribution in [3.05, 3.63) is 82.4 Å². The molecule has 1 saturated heterocycles. The normalized spacial score (nSPS) is 17.1. The summed E-state index contributed by atoms with van der Waals surface area (Å²) in [7, 11) is 0. The average molecular weight is 409 g/mol. The fourth-order valence-corrected chi connectivity index (χ4v) is 2.99. The Morgan fingerprint density at radius 1 is 0.926 bits per heavy atom. The summed E-state index contributed by atoms with van der Waals surface area (Å²) in [6, 6.07) is 12.4. The van der Waals surface area contributed by atoms with Gasteiger partial charge in [-0.25, -0.2) is 8.78 Å². The Balaban J connectivity index is 0.00000261. The molecule has 3 rings (SSSR count). The molecule has 0 aromatic heterocycles. The summed E-state index contributed by atoms with van der Waals surface area (Å²) in [5.74, 6) is -1.12. The minimum Gasteiger partial charge on any atom is -0.411 e. The van der Waals surface area contributed by atoms with Crippen molar-refractivity contribution in [1.82, 2.24) is 4.90 Å². The molecule has 1 aliphatic heterocycles. The van der Waals surface area contributed by atoms with Gasteiger partial charge in [-0.05, 0) is 24.3 Å². The van der Waals surface area contributed by atoms with Gasteiger partial charge >= 0.3 is 29.6 Å². The number of hydrogen-bond acceptors (Lipinski definition) is 3. The predicted octanol–water partition coefficient (Wildman–Crippen LogP) is 1.15. The van der Waals surface area contributed by atoms with Crippen LogP contribution in [0.5, 0.6) is 0 Å². The molecule has 27 heavy (non-hydrogen) atoms. The molecule has 0 unspecified atom stereocenters. The van der Waals surface area contributed by atoms with Crippen molar-refractivity contribution < 1.29 is 43.1 Å². The zero-order chi connectivity index (χ0) is 18.7. The summed E-state index contributed by atoms with van der Waals surface area (Å²) in [5.41, 5.74) is 1.32. The number of rotatable bonds is 2. The summed E-state index contributed by atoms with van der Waals surface area (Å²) < 4.78 is 28.1. The van der Waals surface area contributed by atoms with E-state index >= 15 is 0 Å². The Morgan fingerprint density at radius 2 is 1.33 bits per heavy atom. The van der Waals surface area contributed by atoms with Gasteiger partial charge in [-0.2, -0.15) is 0 Å². The Kier molecular flexibility index (Phi) is 7.82. The third-order valence-electron chi connectivity index (χ3n) is 4.03. The van der Waals surface area contributed by atoms with Crippen LogP contribution < -0.4 is 29.6 Å². The summed E-state index contributed by atoms with van der Waals surface area (Å²) in [6.45, 7) is 0.397. The summed E-state index contributed by atoms with van der Waals surface area (Å²) in [6.07, 6.45) is 2.99. The second-order valence-corrected chi connectivity index (χ2v) is 6.87. The van der Waals surface area contributed by atoms with Gasteiger partial charge in [0.1, 0.15) is 11.6 Å². The Hall–Kier alpha value is -1.44. The van der Waals surface area contributed by atoms with Gasteiger partial charge in [-0.1, -0.05) is 40.7 Å². The van der Waals surface area contributed by atoms with Gasteiger partial charge in [0.25, 0.3) is 0 Å². The van der Waals surface area contributed by atoms with Crippen LogP contribution in [-0.4, -0.2) is 28.1 Å². The Bertz CT molecular complexity index is 876. The van der Waals surface area contributed by atoms with Crippen LogP contribution in [0.1, 0.15) is 11.1 Å². The quantitative estimate of drug-likeness (QED) is 0.321. The number of carbonyl (C=O) groups is 1. The molecule has 0 atom stereocenters. The third-order valence-corrected chi connectivity index (χ3v) is 4.55. The van der Waals surface area contributed by atoms with Crippen molar-refractivity contribution in [3.8, 4) is 0 Å². The minimum atomic E-state index is -0.425. The van der Waals surface area contributed by atoms with E-state index < -0.39 is 11.6 Å². The molecule has 1 fully saturated rings. The fourth-order valence-electron chi connectivity index (χ4n) is 2.73. The molecule has 7 heteroatoms. The molecule has 1 aliphatic rings. The largest absolute Gasteiger partial charge is 1.00 e. The SMILES string of the molecule is O=C1/C(=C/c2ccccc2F)CN(C(=S)[S-])C/C1=C\c1ccccc1F.[Na+]. The molecule has 0 bridgehead atoms. The Labute approximate surface area is 189 Å². The van der Waals surface area contributed by atoms with E-state index in [9.17, 15) is 13.6 Å². The van der Waals surface area contributed by atoms with Crippen molar-refractivity contribution >= 4 is 47.1 Å². The summed E-state index contributed by atoms with van der Waals surface area (Å²) in [4.78, 5) is 14.5. The van der Waals surface area contributed by atoms with Gasteiger partial charge in [0.05, 0.1) is 0 Å². The number of ketones is 1. The maximum atomic E-state index is 13.9. The van der Waals surface area contributed by atoms with Gasteiger partial charge < -0.3 is 29.7 Å². The molecular formula is C20H14F2NNaOS2. The molecule has 0 radical (unpaired) electrons. The van der Waals surface area contributed by atoms with Crippen LogP contribution in [0.3, 0.4) is 0 Å². The van der Waals surface area contributed by atoms with Crippen LogP contribution in [0.25, 0.3) is 12.2 Å². The number of piperidine rings is 1. The molecule has 2 aromatic rings. The van der Waals surface area contributed by atoms with Gasteiger partial charge in [0, 0.05) is 35.4 Å². The molecule has 2 nitrogen and oxygen atoms in total. The van der Waals surface area contributed by atoms with E-state index in [0.717, 1.165) is 0 Å². The van der Waals surface area contributed by atoms with Crippen molar-refractivity contribution in [1.29, 1.82) is 0 Å². The zero-order valence-corrected chi connectivity index (χ0v) is 18.2. The fraction of sp³-hybridized carbons (Fsp3) is 0.100. The molecule has 132 valence electrons. The molecule has 0 aliphatic carbocycles. The van der Waals surface area contributed by atoms with Crippen LogP contribution >= 0.6 is 12.2 Å². The van der Waals surface area contributed by atoms with E-state index in [1.54, 1.807) is 41.3 Å². The monoisotopic (exact) mass is 409 g/mol. The molecule has 2 aromatic carbocycles. The number of halogens is 2. The molecule has 0 spiro atoms. The van der Waals surface area contributed by atoms with Crippen molar-refractivity contribution in [2.75, 3.05) is 13.1 Å². The van der Waals surface area contributed by atoms with Crippen LogP contribution in [0.4, 0.5) is 8.78 Å². The first kappa shape index (κ1) is 21.9. The first-order valence-corrected chi connectivity index (χ1v) is 8.68. The topological polar surface area (TPSA) is 20.3 Å². The number of nitrogens with zero attached hydrogens (tertiary/aromatic N) is 1. The van der Waals surface area contributed by atoms with E-state index in [1.807, 2.05) is 0 Å². The van der Waals surface area contributed by atoms with Gasteiger partial charge in [-0.3, -0.25) is 4.79 Å². The van der Waals surface area contributed by atoms with Gasteiger partial charge in [0.15, 0.2) is 5.78 Å². The predicted molar refractivity (Wildman–Crippen MR) is 105 cm³/mol. The number of hydrogen-bond donors (Lipinski definition) is 0. The van der Waals surface area contributed by atoms with Crippen molar-refractivity contribution in [2.24, 2.45) is 0 Å². The second kappa shape index (κ2) is 9.66. The maximum Gasteiger partial charge on any atom is 1.00 e. The van der Waals surface area contributed by atoms with E-state index in [0.29, 0.717) is 22.3 Å². The van der Waals surface area contributed by atoms with E-state index in [-0.39, 0.29) is 52.8 Å². The maximum absolute atomic E-state index is 13.9. The summed E-state index contributed by atoms with van der Waals surface area (Å²) >= 11 is 10.1. The van der Waals surface area contributed by atoms with Crippen LogP contribution in [0, 0.1) is 11.6 Å². The van der Waals surface area contributed by atoms with Gasteiger partial charge in [0.2, 0.25) is 0 Å². The minimum absolute atomic E-state index is 0. The number of thiocarbonyl (C=S) groups is 1. The van der Waals surface area contributed by atoms with Crippen LogP contribution in [0.15, 0.2) is 59.7 Å².